The van der Waals surface area contributed by atoms with Gasteiger partial charge in [-0.15, -0.1) is 0 Å². The van der Waals surface area contributed by atoms with Crippen molar-refractivity contribution < 1.29 is 4.79 Å². The van der Waals surface area contributed by atoms with Crippen LogP contribution in [0.2, 0.25) is 0 Å². The van der Waals surface area contributed by atoms with E-state index in [1.807, 2.05) is 91.3 Å². The first-order chi connectivity index (χ1) is 14.3. The summed E-state index contributed by atoms with van der Waals surface area (Å²) < 4.78 is 0. The molecule has 0 fully saturated rings. The van der Waals surface area contributed by atoms with Crippen LogP contribution in [-0.2, 0) is 6.54 Å². The predicted molar refractivity (Wildman–Crippen MR) is 118 cm³/mol. The number of hydrogen-bond donors (Lipinski definition) is 3. The zero-order valence-electron chi connectivity index (χ0n) is 15.7. The van der Waals surface area contributed by atoms with Crippen LogP contribution in [0, 0.1) is 0 Å². The first-order valence-electron chi connectivity index (χ1n) is 9.53. The molecule has 0 saturated carbocycles. The first kappa shape index (κ1) is 17.1. The Kier molecular flexibility index (Phi) is 4.26. The van der Waals surface area contributed by atoms with E-state index in [1.165, 1.54) is 0 Å². The number of aromatic nitrogens is 2. The van der Waals surface area contributed by atoms with Crippen molar-refractivity contribution in [1.82, 2.24) is 9.97 Å². The maximum atomic E-state index is 13.3. The van der Waals surface area contributed by atoms with Crippen LogP contribution in [0.25, 0.3) is 21.8 Å². The number of carbonyl (C=O) groups is 1. The highest BCUT2D eigenvalue weighted by atomic mass is 16.2. The molecule has 0 saturated heterocycles. The topological polar surface area (TPSA) is 63.9 Å². The molecule has 0 aliphatic rings. The number of nitrogens with zero attached hydrogens (tertiary/aromatic N) is 1. The quantitative estimate of drug-likeness (QED) is 0.358. The third-order valence-electron chi connectivity index (χ3n) is 5.09. The van der Waals surface area contributed by atoms with E-state index in [0.29, 0.717) is 6.54 Å². The van der Waals surface area contributed by atoms with Crippen molar-refractivity contribution in [3.8, 4) is 0 Å². The number of rotatable bonds is 4. The van der Waals surface area contributed by atoms with Crippen molar-refractivity contribution in [3.05, 3.63) is 96.8 Å². The maximum Gasteiger partial charge on any atom is 0.326 e. The number of hydrogen-bond acceptors (Lipinski definition) is 1. The average Bonchev–Trinajstić information content (AvgIpc) is 3.41. The molecule has 5 heteroatoms. The standard InChI is InChI=1S/C24H20N4O/c29-24(27-20-8-6-18-10-12-25-22(18)14-20)28(16-17-4-2-1-3-5-17)21-9-7-19-11-13-26-23(19)15-21/h1-15,25-26H,16H2,(H,27,29). The molecule has 2 heterocycles. The van der Waals surface area contributed by atoms with E-state index in [9.17, 15) is 4.79 Å². The average molecular weight is 380 g/mol. The predicted octanol–water partition coefficient (Wildman–Crippen LogP) is 5.89. The maximum absolute atomic E-state index is 13.3. The number of fused-ring (bicyclic) bond motifs is 2. The Bertz CT molecular complexity index is 1290. The highest BCUT2D eigenvalue weighted by Crippen LogP contribution is 2.25. The highest BCUT2D eigenvalue weighted by molar-refractivity contribution is 6.03. The lowest BCUT2D eigenvalue weighted by molar-refractivity contribution is 0.256. The number of benzene rings is 3. The van der Waals surface area contributed by atoms with E-state index in [1.54, 1.807) is 4.90 Å². The van der Waals surface area contributed by atoms with Gasteiger partial charge in [0, 0.05) is 34.8 Å². The third-order valence-corrected chi connectivity index (χ3v) is 5.09. The van der Waals surface area contributed by atoms with Gasteiger partial charge in [-0.3, -0.25) is 4.90 Å². The summed E-state index contributed by atoms with van der Waals surface area (Å²) in [5.74, 6) is 0. The zero-order valence-corrected chi connectivity index (χ0v) is 15.7. The van der Waals surface area contributed by atoms with E-state index in [-0.39, 0.29) is 6.03 Å². The molecule has 0 spiro atoms. The molecule has 0 bridgehead atoms. The molecule has 5 rings (SSSR count). The van der Waals surface area contributed by atoms with Gasteiger partial charge in [0.15, 0.2) is 0 Å². The van der Waals surface area contributed by atoms with Crippen LogP contribution < -0.4 is 10.2 Å². The summed E-state index contributed by atoms with van der Waals surface area (Å²) in [4.78, 5) is 21.4. The second kappa shape index (κ2) is 7.20. The van der Waals surface area contributed by atoms with Gasteiger partial charge < -0.3 is 15.3 Å². The third kappa shape index (κ3) is 3.46. The number of anilines is 2. The van der Waals surface area contributed by atoms with Crippen LogP contribution in [0.4, 0.5) is 16.2 Å². The molecule has 2 amide bonds. The lowest BCUT2D eigenvalue weighted by Gasteiger charge is -2.24. The molecule has 3 N–H and O–H groups in total. The second-order valence-electron chi connectivity index (χ2n) is 7.03. The fraction of sp³-hybridized carbons (Fsp3) is 0.0417. The molecule has 142 valence electrons. The summed E-state index contributed by atoms with van der Waals surface area (Å²) in [6.07, 6.45) is 3.80. The van der Waals surface area contributed by atoms with Crippen LogP contribution >= 0.6 is 0 Å². The van der Waals surface area contributed by atoms with Gasteiger partial charge in [-0.1, -0.05) is 42.5 Å². The first-order valence-corrected chi connectivity index (χ1v) is 9.53. The van der Waals surface area contributed by atoms with Crippen LogP contribution in [0.15, 0.2) is 91.3 Å². The molecule has 0 aliphatic heterocycles. The minimum Gasteiger partial charge on any atom is -0.361 e. The summed E-state index contributed by atoms with van der Waals surface area (Å²) in [5.41, 5.74) is 4.65. The van der Waals surface area contributed by atoms with E-state index in [0.717, 1.165) is 38.7 Å². The summed E-state index contributed by atoms with van der Waals surface area (Å²) in [6.45, 7) is 0.476. The van der Waals surface area contributed by atoms with Gasteiger partial charge in [0.05, 0.1) is 6.54 Å². The van der Waals surface area contributed by atoms with Crippen LogP contribution in [0.1, 0.15) is 5.56 Å². The number of carbonyl (C=O) groups excluding carboxylic acids is 1. The van der Waals surface area contributed by atoms with E-state index in [4.69, 9.17) is 0 Å². The van der Waals surface area contributed by atoms with Gasteiger partial charge in [-0.25, -0.2) is 4.79 Å². The molecule has 29 heavy (non-hydrogen) atoms. The second-order valence-corrected chi connectivity index (χ2v) is 7.03. The fourth-order valence-corrected chi connectivity index (χ4v) is 3.57. The van der Waals surface area contributed by atoms with Crippen molar-refractivity contribution in [3.63, 3.8) is 0 Å². The normalized spacial score (nSPS) is 11.0. The Morgan fingerprint density at radius 3 is 2.24 bits per heavy atom. The molecular formula is C24H20N4O. The van der Waals surface area contributed by atoms with Crippen molar-refractivity contribution in [2.45, 2.75) is 6.54 Å². The van der Waals surface area contributed by atoms with Gasteiger partial charge in [0.25, 0.3) is 0 Å². The molecule has 3 aromatic carbocycles. The molecule has 0 radical (unpaired) electrons. The van der Waals surface area contributed by atoms with Crippen molar-refractivity contribution in [2.24, 2.45) is 0 Å². The minimum atomic E-state index is -0.175. The summed E-state index contributed by atoms with van der Waals surface area (Å²) in [5, 5.41) is 5.27. The zero-order chi connectivity index (χ0) is 19.6. The Morgan fingerprint density at radius 1 is 0.793 bits per heavy atom. The van der Waals surface area contributed by atoms with E-state index in [2.05, 4.69) is 15.3 Å². The molecule has 0 aliphatic carbocycles. The number of urea groups is 1. The van der Waals surface area contributed by atoms with Crippen molar-refractivity contribution in [2.75, 3.05) is 10.2 Å². The van der Waals surface area contributed by atoms with Crippen LogP contribution in [0.5, 0.6) is 0 Å². The number of H-pyrrole nitrogens is 2. The number of amides is 2. The summed E-state index contributed by atoms with van der Waals surface area (Å²) >= 11 is 0. The van der Waals surface area contributed by atoms with Crippen LogP contribution in [-0.4, -0.2) is 16.0 Å². The summed E-state index contributed by atoms with van der Waals surface area (Å²) in [7, 11) is 0. The smallest absolute Gasteiger partial charge is 0.326 e. The Balaban J connectivity index is 1.48. The molecule has 2 aromatic heterocycles. The monoisotopic (exact) mass is 380 g/mol. The minimum absolute atomic E-state index is 0.175. The largest absolute Gasteiger partial charge is 0.361 e. The van der Waals surface area contributed by atoms with Gasteiger partial charge >= 0.3 is 6.03 Å². The SMILES string of the molecule is O=C(Nc1ccc2cc[nH]c2c1)N(Cc1ccccc1)c1ccc2cc[nH]c2c1. The molecule has 0 unspecified atom stereocenters. The van der Waals surface area contributed by atoms with Crippen molar-refractivity contribution >= 4 is 39.2 Å². The van der Waals surface area contributed by atoms with Gasteiger partial charge in [0.2, 0.25) is 0 Å². The Labute approximate surface area is 168 Å². The molecule has 5 aromatic rings. The lowest BCUT2D eigenvalue weighted by atomic mass is 10.2. The Morgan fingerprint density at radius 2 is 1.48 bits per heavy atom. The number of aromatic amines is 2. The van der Waals surface area contributed by atoms with Crippen LogP contribution in [0.3, 0.4) is 0 Å². The van der Waals surface area contributed by atoms with E-state index >= 15 is 0 Å². The summed E-state index contributed by atoms with van der Waals surface area (Å²) in [6, 6.07) is 25.7. The lowest BCUT2D eigenvalue weighted by Crippen LogP contribution is -2.34. The number of nitrogens with one attached hydrogen (secondary N) is 3. The highest BCUT2D eigenvalue weighted by Gasteiger charge is 2.17. The molecule has 5 nitrogen and oxygen atoms in total. The van der Waals surface area contributed by atoms with Crippen molar-refractivity contribution in [1.29, 1.82) is 0 Å². The van der Waals surface area contributed by atoms with E-state index < -0.39 is 0 Å². The fourth-order valence-electron chi connectivity index (χ4n) is 3.57. The van der Waals surface area contributed by atoms with Gasteiger partial charge in [-0.2, -0.15) is 0 Å². The van der Waals surface area contributed by atoms with Gasteiger partial charge in [0.1, 0.15) is 0 Å². The molecule has 0 atom stereocenters. The molecular weight excluding hydrogens is 360 g/mol. The van der Waals surface area contributed by atoms with Gasteiger partial charge in [-0.05, 0) is 52.7 Å². The Hall–Kier alpha value is -3.99.